The van der Waals surface area contributed by atoms with Crippen molar-refractivity contribution < 1.29 is 18.9 Å². The number of piperidine rings is 1. The van der Waals surface area contributed by atoms with Gasteiger partial charge in [0.1, 0.15) is 17.2 Å². The zero-order chi connectivity index (χ0) is 26.4. The van der Waals surface area contributed by atoms with E-state index in [2.05, 4.69) is 54.7 Å². The molecule has 3 aromatic carbocycles. The maximum Gasteiger partial charge on any atom is 0.127 e. The Morgan fingerprint density at radius 3 is 2.47 bits per heavy atom. The fourth-order valence-corrected chi connectivity index (χ4v) is 5.01. The van der Waals surface area contributed by atoms with E-state index in [4.69, 9.17) is 18.9 Å². The first-order valence-electron chi connectivity index (χ1n) is 14.2. The molecule has 38 heavy (non-hydrogen) atoms. The summed E-state index contributed by atoms with van der Waals surface area (Å²) >= 11 is 0. The normalized spacial score (nSPS) is 17.3. The predicted molar refractivity (Wildman–Crippen MR) is 153 cm³/mol. The van der Waals surface area contributed by atoms with Crippen LogP contribution in [0.15, 0.2) is 72.8 Å². The molecule has 0 aliphatic carbocycles. The molecule has 2 atom stereocenters. The van der Waals surface area contributed by atoms with Crippen molar-refractivity contribution in [2.75, 3.05) is 33.4 Å². The standard InChI is InChI=1S/C33H43NO4/c1-3-21-36-32-18-13-26(23-28(32)10-6-5-9-22-35-2)25-37-33-24-34-20-19-31(33)27-14-16-30(17-15-27)38-29-11-7-4-8-12-29/h4,7-8,11-18,23,31,33-34H,3,5-6,9-10,19-22,24-25H2,1-2H3/t31-,33+/m1/s1. The molecule has 0 saturated carbocycles. The van der Waals surface area contributed by atoms with Crippen molar-refractivity contribution in [1.82, 2.24) is 5.32 Å². The van der Waals surface area contributed by atoms with Crippen LogP contribution < -0.4 is 14.8 Å². The van der Waals surface area contributed by atoms with Crippen molar-refractivity contribution in [2.45, 2.75) is 64.1 Å². The van der Waals surface area contributed by atoms with Crippen molar-refractivity contribution in [3.63, 3.8) is 0 Å². The lowest BCUT2D eigenvalue weighted by Gasteiger charge is -2.32. The third-order valence-corrected chi connectivity index (χ3v) is 7.06. The van der Waals surface area contributed by atoms with E-state index in [0.29, 0.717) is 12.5 Å². The summed E-state index contributed by atoms with van der Waals surface area (Å²) in [5.74, 6) is 3.07. The minimum atomic E-state index is 0.123. The first-order chi connectivity index (χ1) is 18.8. The lowest BCUT2D eigenvalue weighted by Crippen LogP contribution is -2.40. The van der Waals surface area contributed by atoms with Gasteiger partial charge in [-0.3, -0.25) is 0 Å². The first kappa shape index (κ1) is 28.2. The van der Waals surface area contributed by atoms with Crippen LogP contribution in [0.25, 0.3) is 0 Å². The molecular formula is C33H43NO4. The van der Waals surface area contributed by atoms with Crippen LogP contribution in [-0.4, -0.2) is 39.5 Å². The summed E-state index contributed by atoms with van der Waals surface area (Å²) in [6, 6.07) is 25.0. The van der Waals surface area contributed by atoms with Crippen LogP contribution in [-0.2, 0) is 22.5 Å². The van der Waals surface area contributed by atoms with E-state index in [-0.39, 0.29) is 6.10 Å². The van der Waals surface area contributed by atoms with E-state index in [1.54, 1.807) is 7.11 Å². The van der Waals surface area contributed by atoms with Crippen LogP contribution in [0.1, 0.15) is 61.6 Å². The molecule has 0 unspecified atom stereocenters. The van der Waals surface area contributed by atoms with Crippen LogP contribution in [0.3, 0.4) is 0 Å². The second-order valence-corrected chi connectivity index (χ2v) is 10.0. The zero-order valence-corrected chi connectivity index (χ0v) is 23.0. The summed E-state index contributed by atoms with van der Waals surface area (Å²) in [6.07, 6.45) is 6.59. The Morgan fingerprint density at radius 2 is 1.68 bits per heavy atom. The number of unbranched alkanes of at least 4 members (excludes halogenated alkanes) is 2. The largest absolute Gasteiger partial charge is 0.493 e. The number of ether oxygens (including phenoxy) is 4. The van der Waals surface area contributed by atoms with Gasteiger partial charge in [0.05, 0.1) is 19.3 Å². The Hall–Kier alpha value is -2.86. The second-order valence-electron chi connectivity index (χ2n) is 10.0. The van der Waals surface area contributed by atoms with Gasteiger partial charge >= 0.3 is 0 Å². The van der Waals surface area contributed by atoms with Crippen molar-refractivity contribution >= 4 is 0 Å². The predicted octanol–water partition coefficient (Wildman–Crippen LogP) is 7.29. The highest BCUT2D eigenvalue weighted by Gasteiger charge is 2.27. The maximum atomic E-state index is 6.54. The van der Waals surface area contributed by atoms with Crippen molar-refractivity contribution in [2.24, 2.45) is 0 Å². The Labute approximate surface area is 228 Å². The molecule has 1 heterocycles. The number of nitrogens with one attached hydrogen (secondary N) is 1. The van der Waals surface area contributed by atoms with E-state index in [1.165, 1.54) is 16.7 Å². The van der Waals surface area contributed by atoms with Gasteiger partial charge in [-0.25, -0.2) is 0 Å². The van der Waals surface area contributed by atoms with Crippen molar-refractivity contribution in [3.8, 4) is 17.2 Å². The van der Waals surface area contributed by atoms with Crippen LogP contribution >= 0.6 is 0 Å². The molecule has 0 bridgehead atoms. The highest BCUT2D eigenvalue weighted by atomic mass is 16.5. The fraction of sp³-hybridized carbons (Fsp3) is 0.455. The molecule has 0 spiro atoms. The Kier molecular flexibility index (Phi) is 11.5. The second kappa shape index (κ2) is 15.5. The molecule has 4 rings (SSSR count). The van der Waals surface area contributed by atoms with Gasteiger partial charge in [0, 0.05) is 26.2 Å². The van der Waals surface area contributed by atoms with E-state index < -0.39 is 0 Å². The van der Waals surface area contributed by atoms with E-state index in [1.807, 2.05) is 30.3 Å². The zero-order valence-electron chi connectivity index (χ0n) is 23.0. The highest BCUT2D eigenvalue weighted by molar-refractivity contribution is 5.38. The third-order valence-electron chi connectivity index (χ3n) is 7.06. The number of benzene rings is 3. The number of rotatable bonds is 15. The van der Waals surface area contributed by atoms with Crippen LogP contribution in [0.4, 0.5) is 0 Å². The smallest absolute Gasteiger partial charge is 0.127 e. The monoisotopic (exact) mass is 517 g/mol. The molecule has 5 nitrogen and oxygen atoms in total. The molecule has 1 saturated heterocycles. The minimum absolute atomic E-state index is 0.123. The summed E-state index contributed by atoms with van der Waals surface area (Å²) in [5, 5.41) is 3.52. The average molecular weight is 518 g/mol. The van der Waals surface area contributed by atoms with E-state index in [9.17, 15) is 0 Å². The van der Waals surface area contributed by atoms with Crippen molar-refractivity contribution in [3.05, 3.63) is 89.5 Å². The van der Waals surface area contributed by atoms with Crippen LogP contribution in [0, 0.1) is 0 Å². The Bertz CT molecular complexity index is 1070. The van der Waals surface area contributed by atoms with Gasteiger partial charge in [-0.05, 0) is 91.7 Å². The molecule has 204 valence electrons. The Morgan fingerprint density at radius 1 is 0.868 bits per heavy atom. The lowest BCUT2D eigenvalue weighted by molar-refractivity contribution is 0.0106. The minimum Gasteiger partial charge on any atom is -0.493 e. The number of hydrogen-bond acceptors (Lipinski definition) is 5. The van der Waals surface area contributed by atoms with Gasteiger partial charge in [0.2, 0.25) is 0 Å². The average Bonchev–Trinajstić information content (AvgIpc) is 2.96. The van der Waals surface area contributed by atoms with Gasteiger partial charge in [0.15, 0.2) is 0 Å². The summed E-state index contributed by atoms with van der Waals surface area (Å²) in [7, 11) is 1.77. The molecule has 0 aromatic heterocycles. The van der Waals surface area contributed by atoms with Gasteiger partial charge < -0.3 is 24.3 Å². The summed E-state index contributed by atoms with van der Waals surface area (Å²) in [6.45, 7) is 6.18. The maximum absolute atomic E-state index is 6.54. The number of aryl methyl sites for hydroxylation is 1. The molecule has 0 amide bonds. The molecule has 1 fully saturated rings. The molecule has 3 aromatic rings. The van der Waals surface area contributed by atoms with E-state index >= 15 is 0 Å². The van der Waals surface area contributed by atoms with E-state index in [0.717, 1.165) is 82.1 Å². The van der Waals surface area contributed by atoms with Gasteiger partial charge in [0.25, 0.3) is 0 Å². The number of para-hydroxylation sites is 1. The molecule has 0 radical (unpaired) electrons. The molecule has 1 aliphatic heterocycles. The van der Waals surface area contributed by atoms with Gasteiger partial charge in [-0.1, -0.05) is 49.7 Å². The SMILES string of the molecule is CCCOc1ccc(CO[C@H]2CNCC[C@@H]2c2ccc(Oc3ccccc3)cc2)cc1CCCCCOC. The van der Waals surface area contributed by atoms with Crippen molar-refractivity contribution in [1.29, 1.82) is 0 Å². The molecular weight excluding hydrogens is 474 g/mol. The highest BCUT2D eigenvalue weighted by Crippen LogP contribution is 2.31. The topological polar surface area (TPSA) is 49.0 Å². The molecule has 1 aliphatic rings. The van der Waals surface area contributed by atoms with Crippen LogP contribution in [0.5, 0.6) is 17.2 Å². The Balaban J connectivity index is 1.37. The molecule has 1 N–H and O–H groups in total. The summed E-state index contributed by atoms with van der Waals surface area (Å²) in [5.41, 5.74) is 3.79. The summed E-state index contributed by atoms with van der Waals surface area (Å²) in [4.78, 5) is 0. The quantitative estimate of drug-likeness (QED) is 0.215. The van der Waals surface area contributed by atoms with Gasteiger partial charge in [-0.2, -0.15) is 0 Å². The molecule has 5 heteroatoms. The van der Waals surface area contributed by atoms with Gasteiger partial charge in [-0.15, -0.1) is 0 Å². The number of methoxy groups -OCH3 is 1. The fourth-order valence-electron chi connectivity index (χ4n) is 5.01. The number of hydrogen-bond donors (Lipinski definition) is 1. The first-order valence-corrected chi connectivity index (χ1v) is 14.2. The summed E-state index contributed by atoms with van der Waals surface area (Å²) < 4.78 is 23.8. The van der Waals surface area contributed by atoms with Crippen LogP contribution in [0.2, 0.25) is 0 Å². The lowest BCUT2D eigenvalue weighted by atomic mass is 9.87. The third kappa shape index (κ3) is 8.59.